The van der Waals surface area contributed by atoms with Crippen LogP contribution in [-0.2, 0) is 0 Å². The Morgan fingerprint density at radius 2 is 1.58 bits per heavy atom. The maximum Gasteiger partial charge on any atom is 0.248 e. The third-order valence-corrected chi connectivity index (χ3v) is 4.34. The summed E-state index contributed by atoms with van der Waals surface area (Å²) in [5.41, 5.74) is 2.15. The molecular formula is C19H20N4O. The first-order valence-corrected chi connectivity index (χ1v) is 8.30. The zero-order valence-electron chi connectivity index (χ0n) is 13.4. The van der Waals surface area contributed by atoms with Crippen LogP contribution in [0.4, 0.5) is 0 Å². The summed E-state index contributed by atoms with van der Waals surface area (Å²) in [5.74, 6) is 1.30. The van der Waals surface area contributed by atoms with E-state index < -0.39 is 0 Å². The van der Waals surface area contributed by atoms with Gasteiger partial charge in [-0.3, -0.25) is 4.90 Å². The van der Waals surface area contributed by atoms with E-state index >= 15 is 0 Å². The Morgan fingerprint density at radius 3 is 2.29 bits per heavy atom. The first kappa shape index (κ1) is 15.1. The highest BCUT2D eigenvalue weighted by Crippen LogP contribution is 2.29. The second-order valence-corrected chi connectivity index (χ2v) is 5.92. The van der Waals surface area contributed by atoms with Gasteiger partial charge in [0.2, 0.25) is 11.7 Å². The van der Waals surface area contributed by atoms with Crippen molar-refractivity contribution in [3.05, 3.63) is 72.1 Å². The average Bonchev–Trinajstić information content (AvgIpc) is 3.14. The van der Waals surface area contributed by atoms with E-state index in [-0.39, 0.29) is 6.04 Å². The Balaban J connectivity index is 1.70. The Labute approximate surface area is 141 Å². The van der Waals surface area contributed by atoms with Crippen LogP contribution in [-0.4, -0.2) is 41.2 Å². The highest BCUT2D eigenvalue weighted by Gasteiger charge is 2.28. The predicted octanol–water partition coefficient (Wildman–Crippen LogP) is 2.73. The van der Waals surface area contributed by atoms with Gasteiger partial charge in [0.1, 0.15) is 6.04 Å². The molecule has 122 valence electrons. The maximum absolute atomic E-state index is 5.67. The van der Waals surface area contributed by atoms with Gasteiger partial charge < -0.3 is 9.84 Å². The second-order valence-electron chi connectivity index (χ2n) is 5.92. The summed E-state index contributed by atoms with van der Waals surface area (Å²) in [6.45, 7) is 3.87. The van der Waals surface area contributed by atoms with Gasteiger partial charge in [-0.1, -0.05) is 65.8 Å². The summed E-state index contributed by atoms with van der Waals surface area (Å²) in [4.78, 5) is 7.09. The molecule has 0 amide bonds. The average molecular weight is 320 g/mol. The molecule has 1 atom stereocenters. The summed E-state index contributed by atoms with van der Waals surface area (Å²) >= 11 is 0. The third kappa shape index (κ3) is 3.09. The fraction of sp³-hybridized carbons (Fsp3) is 0.263. The van der Waals surface area contributed by atoms with Crippen LogP contribution < -0.4 is 5.32 Å². The van der Waals surface area contributed by atoms with Crippen LogP contribution in [0.2, 0.25) is 0 Å². The lowest BCUT2D eigenvalue weighted by atomic mass is 10.0. The van der Waals surface area contributed by atoms with Crippen molar-refractivity contribution in [1.29, 1.82) is 0 Å². The molecule has 1 N–H and O–H groups in total. The molecule has 5 nitrogen and oxygen atoms in total. The van der Waals surface area contributed by atoms with E-state index in [9.17, 15) is 0 Å². The van der Waals surface area contributed by atoms with Gasteiger partial charge in [-0.2, -0.15) is 4.98 Å². The first-order chi connectivity index (χ1) is 11.9. The van der Waals surface area contributed by atoms with E-state index in [1.807, 2.05) is 36.4 Å². The van der Waals surface area contributed by atoms with Gasteiger partial charge in [0.15, 0.2) is 0 Å². The Bertz CT molecular complexity index is 766. The van der Waals surface area contributed by atoms with Crippen LogP contribution in [0.15, 0.2) is 65.2 Å². The monoisotopic (exact) mass is 320 g/mol. The lowest BCUT2D eigenvalue weighted by Crippen LogP contribution is -2.45. The van der Waals surface area contributed by atoms with E-state index in [2.05, 4.69) is 39.6 Å². The van der Waals surface area contributed by atoms with Gasteiger partial charge >= 0.3 is 0 Å². The number of rotatable bonds is 4. The summed E-state index contributed by atoms with van der Waals surface area (Å²) in [5, 5.41) is 7.59. The van der Waals surface area contributed by atoms with Crippen molar-refractivity contribution >= 4 is 0 Å². The van der Waals surface area contributed by atoms with E-state index in [1.54, 1.807) is 0 Å². The van der Waals surface area contributed by atoms with Crippen molar-refractivity contribution in [2.75, 3.05) is 26.2 Å². The molecule has 1 aliphatic rings. The van der Waals surface area contributed by atoms with Crippen molar-refractivity contribution in [3.63, 3.8) is 0 Å². The lowest BCUT2D eigenvalue weighted by Gasteiger charge is -2.33. The number of piperazine rings is 1. The van der Waals surface area contributed by atoms with Crippen molar-refractivity contribution in [2.24, 2.45) is 0 Å². The van der Waals surface area contributed by atoms with E-state index in [0.29, 0.717) is 11.7 Å². The number of aromatic nitrogens is 2. The fourth-order valence-corrected chi connectivity index (χ4v) is 3.14. The number of nitrogens with zero attached hydrogens (tertiary/aromatic N) is 3. The minimum Gasteiger partial charge on any atom is -0.337 e. The molecule has 0 radical (unpaired) electrons. The van der Waals surface area contributed by atoms with Crippen LogP contribution >= 0.6 is 0 Å². The molecule has 24 heavy (non-hydrogen) atoms. The molecule has 1 saturated heterocycles. The lowest BCUT2D eigenvalue weighted by molar-refractivity contribution is 0.167. The SMILES string of the molecule is c1ccc(-c2noc(C(c3ccccc3)N3CCNCC3)n2)cc1. The summed E-state index contributed by atoms with van der Waals surface area (Å²) in [6.07, 6.45) is 0. The summed E-state index contributed by atoms with van der Waals surface area (Å²) < 4.78 is 5.67. The maximum atomic E-state index is 5.67. The fourth-order valence-electron chi connectivity index (χ4n) is 3.14. The van der Waals surface area contributed by atoms with Crippen molar-refractivity contribution in [1.82, 2.24) is 20.4 Å². The Kier molecular flexibility index (Phi) is 4.36. The largest absolute Gasteiger partial charge is 0.337 e. The predicted molar refractivity (Wildman–Crippen MR) is 92.5 cm³/mol. The molecule has 1 aromatic heterocycles. The van der Waals surface area contributed by atoms with Crippen LogP contribution in [0.1, 0.15) is 17.5 Å². The summed E-state index contributed by atoms with van der Waals surface area (Å²) in [6, 6.07) is 20.3. The molecule has 4 rings (SSSR count). The standard InChI is InChI=1S/C19H20N4O/c1-3-7-15(8-4-1)17(23-13-11-20-12-14-23)19-21-18(22-24-19)16-9-5-2-6-10-16/h1-10,17,20H,11-14H2. The number of hydrogen-bond donors (Lipinski definition) is 1. The molecule has 0 bridgehead atoms. The van der Waals surface area contributed by atoms with Crippen LogP contribution in [0.25, 0.3) is 11.4 Å². The van der Waals surface area contributed by atoms with Gasteiger partial charge in [-0.05, 0) is 5.56 Å². The molecule has 3 aromatic rings. The topological polar surface area (TPSA) is 54.2 Å². The van der Waals surface area contributed by atoms with Crippen molar-refractivity contribution in [3.8, 4) is 11.4 Å². The zero-order valence-corrected chi connectivity index (χ0v) is 13.4. The molecule has 0 spiro atoms. The van der Waals surface area contributed by atoms with Crippen LogP contribution in [0.5, 0.6) is 0 Å². The van der Waals surface area contributed by atoms with Gasteiger partial charge in [0.25, 0.3) is 0 Å². The van der Waals surface area contributed by atoms with Crippen LogP contribution in [0.3, 0.4) is 0 Å². The van der Waals surface area contributed by atoms with E-state index in [4.69, 9.17) is 9.51 Å². The number of benzene rings is 2. The molecule has 1 unspecified atom stereocenters. The first-order valence-electron chi connectivity index (χ1n) is 8.30. The quantitative estimate of drug-likeness (QED) is 0.801. The smallest absolute Gasteiger partial charge is 0.248 e. The number of hydrogen-bond acceptors (Lipinski definition) is 5. The van der Waals surface area contributed by atoms with Crippen molar-refractivity contribution < 1.29 is 4.52 Å². The number of nitrogens with one attached hydrogen (secondary N) is 1. The Morgan fingerprint density at radius 1 is 0.917 bits per heavy atom. The van der Waals surface area contributed by atoms with E-state index in [0.717, 1.165) is 31.7 Å². The molecule has 2 aromatic carbocycles. The Hall–Kier alpha value is -2.50. The van der Waals surface area contributed by atoms with Gasteiger partial charge in [0, 0.05) is 31.7 Å². The third-order valence-electron chi connectivity index (χ3n) is 4.34. The van der Waals surface area contributed by atoms with Gasteiger partial charge in [0.05, 0.1) is 0 Å². The molecule has 0 saturated carbocycles. The summed E-state index contributed by atoms with van der Waals surface area (Å²) in [7, 11) is 0. The highest BCUT2D eigenvalue weighted by atomic mass is 16.5. The normalized spacial score (nSPS) is 16.8. The molecule has 0 aliphatic carbocycles. The molecule has 1 fully saturated rings. The van der Waals surface area contributed by atoms with Crippen LogP contribution in [0, 0.1) is 0 Å². The van der Waals surface area contributed by atoms with Gasteiger partial charge in [-0.25, -0.2) is 0 Å². The second kappa shape index (κ2) is 6.95. The molecule has 1 aliphatic heterocycles. The minimum atomic E-state index is -0.00161. The zero-order chi connectivity index (χ0) is 16.2. The molecular weight excluding hydrogens is 300 g/mol. The highest BCUT2D eigenvalue weighted by molar-refractivity contribution is 5.53. The molecule has 5 heteroatoms. The van der Waals surface area contributed by atoms with E-state index in [1.165, 1.54) is 5.56 Å². The minimum absolute atomic E-state index is 0.00161. The molecule has 2 heterocycles. The van der Waals surface area contributed by atoms with Gasteiger partial charge in [-0.15, -0.1) is 0 Å². The van der Waals surface area contributed by atoms with Crippen molar-refractivity contribution in [2.45, 2.75) is 6.04 Å².